The Kier molecular flexibility index (Phi) is 5.49. The van der Waals surface area contributed by atoms with E-state index in [0.717, 1.165) is 12.0 Å². The van der Waals surface area contributed by atoms with Gasteiger partial charge in [-0.05, 0) is 30.7 Å². The zero-order chi connectivity index (χ0) is 14.4. The van der Waals surface area contributed by atoms with Crippen molar-refractivity contribution < 1.29 is 19.4 Å². The molecule has 0 spiro atoms. The number of carbonyl (C=O) groups is 1. The molecule has 5 nitrogen and oxygen atoms in total. The summed E-state index contributed by atoms with van der Waals surface area (Å²) in [5.41, 5.74) is 0.995. The van der Waals surface area contributed by atoms with Gasteiger partial charge in [0.1, 0.15) is 0 Å². The molecule has 0 fully saturated rings. The smallest absolute Gasteiger partial charge is 0.303 e. The van der Waals surface area contributed by atoms with E-state index in [0.29, 0.717) is 49.2 Å². The second-order valence-electron chi connectivity index (χ2n) is 4.63. The fourth-order valence-electron chi connectivity index (χ4n) is 1.98. The van der Waals surface area contributed by atoms with Crippen LogP contribution in [0.3, 0.4) is 0 Å². The molecule has 0 aliphatic carbocycles. The van der Waals surface area contributed by atoms with E-state index in [9.17, 15) is 4.79 Å². The number of rotatable bonds is 6. The summed E-state index contributed by atoms with van der Waals surface area (Å²) in [6.45, 7) is 2.51. The Hall–Kier alpha value is -1.46. The lowest BCUT2D eigenvalue weighted by Gasteiger charge is -2.12. The Balaban J connectivity index is 1.90. The first-order valence-electron chi connectivity index (χ1n) is 6.67. The lowest BCUT2D eigenvalue weighted by atomic mass is 10.2. The SMILES string of the molecule is O=C(O)CCCNCc1cc(Cl)c2c(c1)OCCCO2. The van der Waals surface area contributed by atoms with Crippen LogP contribution < -0.4 is 14.8 Å². The minimum Gasteiger partial charge on any atom is -0.489 e. The number of hydrogen-bond donors (Lipinski definition) is 2. The summed E-state index contributed by atoms with van der Waals surface area (Å²) in [5, 5.41) is 12.3. The molecule has 110 valence electrons. The van der Waals surface area contributed by atoms with Crippen LogP contribution in [0.4, 0.5) is 0 Å². The standard InChI is InChI=1S/C14H18ClNO4/c15-11-7-10(9-16-4-1-3-13(17)18)8-12-14(11)20-6-2-5-19-12/h7-8,16H,1-6,9H2,(H,17,18). The van der Waals surface area contributed by atoms with E-state index in [1.165, 1.54) is 0 Å². The lowest BCUT2D eigenvalue weighted by Crippen LogP contribution is -2.15. The van der Waals surface area contributed by atoms with Gasteiger partial charge < -0.3 is 19.9 Å². The highest BCUT2D eigenvalue weighted by atomic mass is 35.5. The van der Waals surface area contributed by atoms with Gasteiger partial charge >= 0.3 is 5.97 Å². The molecular weight excluding hydrogens is 282 g/mol. The second kappa shape index (κ2) is 7.36. The van der Waals surface area contributed by atoms with Gasteiger partial charge in [-0.25, -0.2) is 0 Å². The minimum atomic E-state index is -0.773. The van der Waals surface area contributed by atoms with Crippen molar-refractivity contribution in [1.82, 2.24) is 5.32 Å². The Morgan fingerprint density at radius 2 is 2.15 bits per heavy atom. The lowest BCUT2D eigenvalue weighted by molar-refractivity contribution is -0.137. The van der Waals surface area contributed by atoms with Crippen molar-refractivity contribution in [2.45, 2.75) is 25.8 Å². The van der Waals surface area contributed by atoms with Gasteiger partial charge in [0.05, 0.1) is 18.2 Å². The highest BCUT2D eigenvalue weighted by Crippen LogP contribution is 2.37. The second-order valence-corrected chi connectivity index (χ2v) is 5.04. The van der Waals surface area contributed by atoms with Crippen molar-refractivity contribution in [3.8, 4) is 11.5 Å². The van der Waals surface area contributed by atoms with E-state index in [4.69, 9.17) is 26.2 Å². The molecule has 2 rings (SSSR count). The molecule has 0 saturated carbocycles. The fraction of sp³-hybridized carbons (Fsp3) is 0.500. The Labute approximate surface area is 122 Å². The molecule has 1 aromatic carbocycles. The third kappa shape index (κ3) is 4.28. The van der Waals surface area contributed by atoms with E-state index in [1.807, 2.05) is 12.1 Å². The number of aliphatic carboxylic acids is 1. The first-order valence-corrected chi connectivity index (χ1v) is 7.05. The molecule has 1 aromatic rings. The predicted octanol–water partition coefficient (Wildman–Crippen LogP) is 2.46. The van der Waals surface area contributed by atoms with E-state index in [-0.39, 0.29) is 6.42 Å². The van der Waals surface area contributed by atoms with Crippen molar-refractivity contribution in [2.24, 2.45) is 0 Å². The molecule has 0 atom stereocenters. The maximum atomic E-state index is 10.4. The maximum Gasteiger partial charge on any atom is 0.303 e. The number of nitrogens with one attached hydrogen (secondary N) is 1. The van der Waals surface area contributed by atoms with Crippen LogP contribution in [0.15, 0.2) is 12.1 Å². The minimum absolute atomic E-state index is 0.175. The largest absolute Gasteiger partial charge is 0.489 e. The predicted molar refractivity (Wildman–Crippen MR) is 75.6 cm³/mol. The van der Waals surface area contributed by atoms with Gasteiger partial charge in [-0.1, -0.05) is 11.6 Å². The van der Waals surface area contributed by atoms with Crippen LogP contribution in [0, 0.1) is 0 Å². The molecule has 0 saturated heterocycles. The number of fused-ring (bicyclic) bond motifs is 1. The Morgan fingerprint density at radius 3 is 2.95 bits per heavy atom. The monoisotopic (exact) mass is 299 g/mol. The summed E-state index contributed by atoms with van der Waals surface area (Å²) in [6.07, 6.45) is 1.62. The fourth-order valence-corrected chi connectivity index (χ4v) is 2.27. The first kappa shape index (κ1) is 14.9. The molecule has 1 aliphatic rings. The molecule has 0 radical (unpaired) electrons. The van der Waals surface area contributed by atoms with Crippen LogP contribution in [-0.4, -0.2) is 30.8 Å². The van der Waals surface area contributed by atoms with Crippen LogP contribution in [-0.2, 0) is 11.3 Å². The molecule has 6 heteroatoms. The summed E-state index contributed by atoms with van der Waals surface area (Å²) < 4.78 is 11.2. The average molecular weight is 300 g/mol. The molecule has 0 aromatic heterocycles. The van der Waals surface area contributed by atoms with Crippen LogP contribution >= 0.6 is 11.6 Å². The molecule has 2 N–H and O–H groups in total. The van der Waals surface area contributed by atoms with Gasteiger partial charge in [0, 0.05) is 19.4 Å². The summed E-state index contributed by atoms with van der Waals surface area (Å²) in [5.74, 6) is 0.515. The van der Waals surface area contributed by atoms with E-state index >= 15 is 0 Å². The van der Waals surface area contributed by atoms with E-state index in [1.54, 1.807) is 0 Å². The number of ether oxygens (including phenoxy) is 2. The van der Waals surface area contributed by atoms with Gasteiger partial charge in [0.15, 0.2) is 11.5 Å². The van der Waals surface area contributed by atoms with Crippen molar-refractivity contribution in [2.75, 3.05) is 19.8 Å². The van der Waals surface area contributed by atoms with Gasteiger partial charge in [0.25, 0.3) is 0 Å². The Bertz CT molecular complexity index is 478. The molecule has 0 bridgehead atoms. The summed E-state index contributed by atoms with van der Waals surface area (Å²) >= 11 is 6.19. The van der Waals surface area contributed by atoms with E-state index < -0.39 is 5.97 Å². The third-order valence-electron chi connectivity index (χ3n) is 2.94. The van der Waals surface area contributed by atoms with Crippen LogP contribution in [0.25, 0.3) is 0 Å². The first-order chi connectivity index (χ1) is 9.66. The molecule has 20 heavy (non-hydrogen) atoms. The molecular formula is C14H18ClNO4. The quantitative estimate of drug-likeness (QED) is 0.790. The number of carboxylic acids is 1. The number of hydrogen-bond acceptors (Lipinski definition) is 4. The number of halogens is 1. The van der Waals surface area contributed by atoms with Gasteiger partial charge in [-0.3, -0.25) is 4.79 Å². The molecule has 0 unspecified atom stereocenters. The molecule has 1 aliphatic heterocycles. The maximum absolute atomic E-state index is 10.4. The highest BCUT2D eigenvalue weighted by molar-refractivity contribution is 6.32. The molecule has 1 heterocycles. The summed E-state index contributed by atoms with van der Waals surface area (Å²) in [4.78, 5) is 10.4. The normalized spacial score (nSPS) is 13.8. The van der Waals surface area contributed by atoms with Gasteiger partial charge in [0.2, 0.25) is 0 Å². The van der Waals surface area contributed by atoms with Crippen molar-refractivity contribution >= 4 is 17.6 Å². The van der Waals surface area contributed by atoms with Crippen molar-refractivity contribution in [1.29, 1.82) is 0 Å². The van der Waals surface area contributed by atoms with Crippen molar-refractivity contribution in [3.63, 3.8) is 0 Å². The highest BCUT2D eigenvalue weighted by Gasteiger charge is 2.15. The summed E-state index contributed by atoms with van der Waals surface area (Å²) in [6, 6.07) is 3.76. The van der Waals surface area contributed by atoms with Crippen LogP contribution in [0.1, 0.15) is 24.8 Å². The van der Waals surface area contributed by atoms with Gasteiger partial charge in [-0.15, -0.1) is 0 Å². The zero-order valence-corrected chi connectivity index (χ0v) is 11.9. The van der Waals surface area contributed by atoms with Crippen LogP contribution in [0.5, 0.6) is 11.5 Å². The topological polar surface area (TPSA) is 67.8 Å². The Morgan fingerprint density at radius 1 is 1.35 bits per heavy atom. The molecule has 0 amide bonds. The number of benzene rings is 1. The van der Waals surface area contributed by atoms with Gasteiger partial charge in [-0.2, -0.15) is 0 Å². The van der Waals surface area contributed by atoms with E-state index in [2.05, 4.69) is 5.32 Å². The van der Waals surface area contributed by atoms with Crippen molar-refractivity contribution in [3.05, 3.63) is 22.7 Å². The van der Waals surface area contributed by atoms with Crippen LogP contribution in [0.2, 0.25) is 5.02 Å². The summed E-state index contributed by atoms with van der Waals surface area (Å²) in [7, 11) is 0. The average Bonchev–Trinajstić information content (AvgIpc) is 2.63. The zero-order valence-electron chi connectivity index (χ0n) is 11.2. The third-order valence-corrected chi connectivity index (χ3v) is 3.22. The number of carboxylic acid groups (broad SMARTS) is 1.